The van der Waals surface area contributed by atoms with Crippen LogP contribution in [0.2, 0.25) is 10.0 Å². The predicted octanol–water partition coefficient (Wildman–Crippen LogP) is 6.90. The van der Waals surface area contributed by atoms with Gasteiger partial charge in [-0.25, -0.2) is 0 Å². The first-order chi connectivity index (χ1) is 13.5. The van der Waals surface area contributed by atoms with Gasteiger partial charge in [0.05, 0.1) is 23.3 Å². The molecule has 2 N–H and O–H groups in total. The highest BCUT2D eigenvalue weighted by molar-refractivity contribution is 6.55. The van der Waals surface area contributed by atoms with E-state index in [1.54, 1.807) is 12.1 Å². The van der Waals surface area contributed by atoms with Gasteiger partial charge in [-0.15, -0.1) is 0 Å². The average Bonchev–Trinajstić information content (AvgIpc) is 2.64. The summed E-state index contributed by atoms with van der Waals surface area (Å²) in [6, 6.07) is 10.6. The van der Waals surface area contributed by atoms with E-state index < -0.39 is 0 Å². The lowest BCUT2D eigenvalue weighted by atomic mass is 10.2. The molecule has 2 rings (SSSR count). The Balaban J connectivity index is 1.68. The molecule has 0 fully saturated rings. The number of rotatable bonds is 11. The molecule has 0 aliphatic carbocycles. The lowest BCUT2D eigenvalue weighted by Crippen LogP contribution is -2.02. The average molecular weight is 465 g/mol. The summed E-state index contributed by atoms with van der Waals surface area (Å²) in [6.45, 7) is 1.36. The van der Waals surface area contributed by atoms with Crippen LogP contribution in [-0.2, 0) is 0 Å². The fourth-order valence-corrected chi connectivity index (χ4v) is 2.97. The third kappa shape index (κ3) is 8.27. The summed E-state index contributed by atoms with van der Waals surface area (Å²) in [5, 5.41) is 0.769. The van der Waals surface area contributed by atoms with Gasteiger partial charge < -0.3 is 19.9 Å². The molecule has 8 heteroatoms. The number of hydrogen-bond donors (Lipinski definition) is 1. The number of halogens is 4. The van der Waals surface area contributed by atoms with Crippen molar-refractivity contribution >= 4 is 52.1 Å². The van der Waals surface area contributed by atoms with Crippen LogP contribution in [0.5, 0.6) is 17.2 Å². The summed E-state index contributed by atoms with van der Waals surface area (Å²) in [5.41, 5.74) is 6.36. The zero-order chi connectivity index (χ0) is 20.4. The van der Waals surface area contributed by atoms with Crippen molar-refractivity contribution < 1.29 is 14.2 Å². The predicted molar refractivity (Wildman–Crippen MR) is 117 cm³/mol. The molecule has 0 aliphatic rings. The molecule has 2 aromatic rings. The standard InChI is InChI=1S/C20H21Cl4NO3/c21-17-12-16(27-11-8-19(23)24)13-18(22)20(17)28-10-3-1-2-9-26-15-6-4-14(25)5-7-15/h4-8,12-13H,1-3,9-11,25H2. The summed E-state index contributed by atoms with van der Waals surface area (Å²) >= 11 is 23.5. The molecule has 0 amide bonds. The number of nitrogens with two attached hydrogens (primary N) is 1. The van der Waals surface area contributed by atoms with Crippen molar-refractivity contribution in [1.82, 2.24) is 0 Å². The largest absolute Gasteiger partial charge is 0.494 e. The van der Waals surface area contributed by atoms with Gasteiger partial charge in [-0.1, -0.05) is 46.4 Å². The van der Waals surface area contributed by atoms with Crippen molar-refractivity contribution in [3.05, 3.63) is 57.0 Å². The number of ether oxygens (including phenoxy) is 3. The first-order valence-electron chi connectivity index (χ1n) is 8.70. The quantitative estimate of drug-likeness (QED) is 0.290. The second-order valence-electron chi connectivity index (χ2n) is 5.85. The minimum absolute atomic E-state index is 0.135. The van der Waals surface area contributed by atoms with Gasteiger partial charge in [0.2, 0.25) is 0 Å². The number of unbranched alkanes of at least 4 members (excludes halogenated alkanes) is 2. The van der Waals surface area contributed by atoms with E-state index in [-0.39, 0.29) is 11.1 Å². The molecule has 0 aromatic heterocycles. The Kier molecular flexibility index (Phi) is 9.93. The van der Waals surface area contributed by atoms with E-state index >= 15 is 0 Å². The van der Waals surface area contributed by atoms with E-state index in [2.05, 4.69) is 0 Å². The Morgan fingerprint density at radius 2 is 1.43 bits per heavy atom. The van der Waals surface area contributed by atoms with Gasteiger partial charge in [-0.2, -0.15) is 0 Å². The third-order valence-corrected chi connectivity index (χ3v) is 4.51. The lowest BCUT2D eigenvalue weighted by molar-refractivity contribution is 0.279. The lowest BCUT2D eigenvalue weighted by Gasteiger charge is -2.12. The molecule has 0 atom stereocenters. The number of benzene rings is 2. The molecule has 0 heterocycles. The molecule has 28 heavy (non-hydrogen) atoms. The van der Waals surface area contributed by atoms with Crippen molar-refractivity contribution in [2.45, 2.75) is 19.3 Å². The molecule has 0 unspecified atom stereocenters. The summed E-state index contributed by atoms with van der Waals surface area (Å²) in [7, 11) is 0. The van der Waals surface area contributed by atoms with E-state index in [1.807, 2.05) is 24.3 Å². The van der Waals surface area contributed by atoms with Gasteiger partial charge in [0.1, 0.15) is 22.6 Å². The summed E-state index contributed by atoms with van der Waals surface area (Å²) in [4.78, 5) is 0. The van der Waals surface area contributed by atoms with Crippen LogP contribution in [0.15, 0.2) is 47.0 Å². The first kappa shape index (κ1) is 22.8. The van der Waals surface area contributed by atoms with E-state index in [4.69, 9.17) is 66.3 Å². The van der Waals surface area contributed by atoms with Crippen molar-refractivity contribution in [2.24, 2.45) is 0 Å². The Morgan fingerprint density at radius 3 is 2.04 bits per heavy atom. The van der Waals surface area contributed by atoms with Crippen LogP contribution in [0.4, 0.5) is 5.69 Å². The van der Waals surface area contributed by atoms with Crippen molar-refractivity contribution in [3.63, 3.8) is 0 Å². The zero-order valence-electron chi connectivity index (χ0n) is 15.1. The Labute approximate surface area is 185 Å². The molecule has 0 spiro atoms. The fourth-order valence-electron chi connectivity index (χ4n) is 2.27. The van der Waals surface area contributed by atoms with Crippen LogP contribution >= 0.6 is 46.4 Å². The summed E-state index contributed by atoms with van der Waals surface area (Å²) in [5.74, 6) is 1.77. The fraction of sp³-hybridized carbons (Fsp3) is 0.300. The Morgan fingerprint density at radius 1 is 0.821 bits per heavy atom. The highest BCUT2D eigenvalue weighted by atomic mass is 35.5. The molecule has 152 valence electrons. The van der Waals surface area contributed by atoms with Gasteiger partial charge in [0.15, 0.2) is 5.75 Å². The molecule has 0 saturated carbocycles. The van der Waals surface area contributed by atoms with Crippen LogP contribution in [0.25, 0.3) is 0 Å². The Bertz CT molecular complexity index is 755. The molecule has 0 saturated heterocycles. The molecular formula is C20H21Cl4NO3. The van der Waals surface area contributed by atoms with Crippen LogP contribution in [0, 0.1) is 0 Å². The smallest absolute Gasteiger partial charge is 0.156 e. The Hall–Kier alpha value is -1.46. The van der Waals surface area contributed by atoms with Crippen molar-refractivity contribution in [3.8, 4) is 17.2 Å². The molecule has 0 aliphatic heterocycles. The molecule has 0 bridgehead atoms. The van der Waals surface area contributed by atoms with Gasteiger partial charge in [-0.3, -0.25) is 0 Å². The maximum absolute atomic E-state index is 6.23. The molecular weight excluding hydrogens is 444 g/mol. The zero-order valence-corrected chi connectivity index (χ0v) is 18.1. The van der Waals surface area contributed by atoms with E-state index in [0.717, 1.165) is 30.7 Å². The number of hydrogen-bond acceptors (Lipinski definition) is 4. The normalized spacial score (nSPS) is 10.4. The molecule has 4 nitrogen and oxygen atoms in total. The summed E-state index contributed by atoms with van der Waals surface area (Å²) in [6.07, 6.45) is 4.25. The second-order valence-corrected chi connectivity index (χ2v) is 7.67. The second kappa shape index (κ2) is 12.2. The van der Waals surface area contributed by atoms with Gasteiger partial charge in [0, 0.05) is 17.8 Å². The van der Waals surface area contributed by atoms with Crippen LogP contribution in [0.1, 0.15) is 19.3 Å². The monoisotopic (exact) mass is 463 g/mol. The maximum atomic E-state index is 6.23. The minimum atomic E-state index is 0.135. The molecule has 2 aromatic carbocycles. The maximum Gasteiger partial charge on any atom is 0.156 e. The van der Waals surface area contributed by atoms with Gasteiger partial charge >= 0.3 is 0 Å². The molecule has 0 radical (unpaired) electrons. The van der Waals surface area contributed by atoms with Crippen molar-refractivity contribution in [1.29, 1.82) is 0 Å². The van der Waals surface area contributed by atoms with Gasteiger partial charge in [0.25, 0.3) is 0 Å². The van der Waals surface area contributed by atoms with Gasteiger partial charge in [-0.05, 0) is 49.6 Å². The summed E-state index contributed by atoms with van der Waals surface area (Å²) < 4.78 is 17.0. The third-order valence-electron chi connectivity index (χ3n) is 3.64. The highest BCUT2D eigenvalue weighted by Crippen LogP contribution is 2.37. The van der Waals surface area contributed by atoms with Crippen LogP contribution < -0.4 is 19.9 Å². The topological polar surface area (TPSA) is 53.7 Å². The van der Waals surface area contributed by atoms with E-state index in [0.29, 0.717) is 34.8 Å². The minimum Gasteiger partial charge on any atom is -0.494 e. The first-order valence-corrected chi connectivity index (χ1v) is 10.2. The SMILES string of the molecule is Nc1ccc(OCCCCCOc2c(Cl)cc(OCC=C(Cl)Cl)cc2Cl)cc1. The van der Waals surface area contributed by atoms with E-state index in [1.165, 1.54) is 6.08 Å². The highest BCUT2D eigenvalue weighted by Gasteiger charge is 2.10. The van der Waals surface area contributed by atoms with E-state index in [9.17, 15) is 0 Å². The van der Waals surface area contributed by atoms with Crippen molar-refractivity contribution in [2.75, 3.05) is 25.6 Å². The van der Waals surface area contributed by atoms with Crippen LogP contribution in [0.3, 0.4) is 0 Å². The number of anilines is 1. The number of nitrogen functional groups attached to an aromatic ring is 1. The van der Waals surface area contributed by atoms with Crippen LogP contribution in [-0.4, -0.2) is 19.8 Å².